The second kappa shape index (κ2) is 10.1. The Hall–Kier alpha value is -1.88. The van der Waals surface area contributed by atoms with Crippen LogP contribution in [-0.2, 0) is 11.2 Å². The maximum absolute atomic E-state index is 11.9. The summed E-state index contributed by atoms with van der Waals surface area (Å²) >= 11 is 0. The lowest BCUT2D eigenvalue weighted by Crippen LogP contribution is -2.45. The Labute approximate surface area is 145 Å². The van der Waals surface area contributed by atoms with Crippen molar-refractivity contribution < 1.29 is 9.59 Å². The monoisotopic (exact) mass is 333 g/mol. The lowest BCUT2D eigenvalue weighted by atomic mass is 9.95. The van der Waals surface area contributed by atoms with Crippen LogP contribution < -0.4 is 16.0 Å². The first-order valence-electron chi connectivity index (χ1n) is 8.73. The van der Waals surface area contributed by atoms with Crippen LogP contribution >= 0.6 is 0 Å². The molecule has 0 unspecified atom stereocenters. The lowest BCUT2D eigenvalue weighted by Gasteiger charge is -2.23. The van der Waals surface area contributed by atoms with Crippen LogP contribution in [0.1, 0.15) is 51.8 Å². The Kier molecular flexibility index (Phi) is 8.47. The van der Waals surface area contributed by atoms with Gasteiger partial charge >= 0.3 is 6.03 Å². The third-order valence-corrected chi connectivity index (χ3v) is 3.82. The Balaban J connectivity index is 2.53. The van der Waals surface area contributed by atoms with Gasteiger partial charge in [0.2, 0.25) is 5.91 Å². The van der Waals surface area contributed by atoms with Crippen molar-refractivity contribution in [2.45, 2.75) is 47.1 Å². The van der Waals surface area contributed by atoms with E-state index in [1.807, 2.05) is 13.8 Å². The molecule has 24 heavy (non-hydrogen) atoms. The molecule has 0 fully saturated rings. The van der Waals surface area contributed by atoms with E-state index in [9.17, 15) is 9.59 Å². The zero-order valence-electron chi connectivity index (χ0n) is 15.5. The topological polar surface area (TPSA) is 70.2 Å². The number of hydrogen-bond donors (Lipinski definition) is 3. The molecule has 1 atom stereocenters. The first-order valence-corrected chi connectivity index (χ1v) is 8.73. The molecule has 0 aromatic heterocycles. The van der Waals surface area contributed by atoms with Gasteiger partial charge in [-0.1, -0.05) is 58.9 Å². The van der Waals surface area contributed by atoms with Gasteiger partial charge in [0.25, 0.3) is 0 Å². The number of aryl methyl sites for hydroxylation is 1. The summed E-state index contributed by atoms with van der Waals surface area (Å²) in [5.41, 5.74) is 2.44. The molecule has 1 aromatic rings. The van der Waals surface area contributed by atoms with Gasteiger partial charge in [0.05, 0.1) is 6.54 Å². The Morgan fingerprint density at radius 1 is 1.04 bits per heavy atom. The molecule has 134 valence electrons. The van der Waals surface area contributed by atoms with Crippen molar-refractivity contribution in [2.24, 2.45) is 11.8 Å². The van der Waals surface area contributed by atoms with Crippen molar-refractivity contribution >= 4 is 11.9 Å². The van der Waals surface area contributed by atoms with Gasteiger partial charge in [0, 0.05) is 12.6 Å². The minimum atomic E-state index is -0.441. The first kappa shape index (κ1) is 20.2. The van der Waals surface area contributed by atoms with Crippen LogP contribution in [0.5, 0.6) is 0 Å². The minimum absolute atomic E-state index is 0.0698. The average Bonchev–Trinajstić information content (AvgIpc) is 2.53. The van der Waals surface area contributed by atoms with Gasteiger partial charge in [-0.25, -0.2) is 4.79 Å². The van der Waals surface area contributed by atoms with Crippen LogP contribution in [0, 0.1) is 11.8 Å². The number of benzene rings is 1. The molecule has 0 aliphatic heterocycles. The number of rotatable bonds is 8. The van der Waals surface area contributed by atoms with Gasteiger partial charge in [0.15, 0.2) is 0 Å². The van der Waals surface area contributed by atoms with Crippen molar-refractivity contribution in [3.8, 4) is 0 Å². The highest BCUT2D eigenvalue weighted by Gasteiger charge is 2.17. The summed E-state index contributed by atoms with van der Waals surface area (Å²) in [7, 11) is 0. The SMILES string of the molecule is CCc1ccc([C@H](NCC(=O)NC(=O)NCC(C)C)C(C)C)cc1. The van der Waals surface area contributed by atoms with Crippen LogP contribution in [-0.4, -0.2) is 25.0 Å². The predicted octanol–water partition coefficient (Wildman–Crippen LogP) is 3.02. The van der Waals surface area contributed by atoms with E-state index in [0.717, 1.165) is 12.0 Å². The Bertz CT molecular complexity index is 524. The van der Waals surface area contributed by atoms with Crippen LogP contribution in [0.25, 0.3) is 0 Å². The molecule has 0 spiro atoms. The molecule has 1 aromatic carbocycles. The molecule has 0 saturated heterocycles. The number of carbonyl (C=O) groups is 2. The molecule has 0 aliphatic rings. The van der Waals surface area contributed by atoms with Crippen molar-refractivity contribution in [2.75, 3.05) is 13.1 Å². The van der Waals surface area contributed by atoms with Crippen molar-refractivity contribution in [3.05, 3.63) is 35.4 Å². The second-order valence-electron chi connectivity index (χ2n) is 6.85. The number of imide groups is 1. The summed E-state index contributed by atoms with van der Waals surface area (Å²) < 4.78 is 0. The number of amides is 3. The molecule has 0 heterocycles. The number of carbonyl (C=O) groups excluding carboxylic acids is 2. The first-order chi connectivity index (χ1) is 11.3. The highest BCUT2D eigenvalue weighted by molar-refractivity contribution is 5.95. The van der Waals surface area contributed by atoms with Crippen molar-refractivity contribution in [1.82, 2.24) is 16.0 Å². The molecular weight excluding hydrogens is 302 g/mol. The molecular formula is C19H31N3O2. The van der Waals surface area contributed by atoms with E-state index in [2.05, 4.69) is 61.0 Å². The zero-order chi connectivity index (χ0) is 18.1. The van der Waals surface area contributed by atoms with E-state index in [1.54, 1.807) is 0 Å². The van der Waals surface area contributed by atoms with Crippen LogP contribution in [0.15, 0.2) is 24.3 Å². The quantitative estimate of drug-likeness (QED) is 0.685. The highest BCUT2D eigenvalue weighted by Crippen LogP contribution is 2.21. The fourth-order valence-corrected chi connectivity index (χ4v) is 2.41. The Morgan fingerprint density at radius 2 is 1.67 bits per heavy atom. The number of hydrogen-bond acceptors (Lipinski definition) is 3. The minimum Gasteiger partial charge on any atom is -0.338 e. The number of urea groups is 1. The van der Waals surface area contributed by atoms with E-state index in [1.165, 1.54) is 5.56 Å². The average molecular weight is 333 g/mol. The van der Waals surface area contributed by atoms with Crippen LogP contribution in [0.2, 0.25) is 0 Å². The smallest absolute Gasteiger partial charge is 0.321 e. The van der Waals surface area contributed by atoms with E-state index in [0.29, 0.717) is 18.4 Å². The third kappa shape index (κ3) is 7.13. The number of nitrogens with one attached hydrogen (secondary N) is 3. The highest BCUT2D eigenvalue weighted by atomic mass is 16.2. The zero-order valence-corrected chi connectivity index (χ0v) is 15.5. The summed E-state index contributed by atoms with van der Waals surface area (Å²) in [6.45, 7) is 11.0. The third-order valence-electron chi connectivity index (χ3n) is 3.82. The molecule has 0 saturated carbocycles. The molecule has 5 heteroatoms. The molecule has 3 amide bonds. The summed E-state index contributed by atoms with van der Waals surface area (Å²) in [6.07, 6.45) is 1.01. The van der Waals surface area contributed by atoms with E-state index >= 15 is 0 Å². The summed E-state index contributed by atoms with van der Waals surface area (Å²) in [6, 6.07) is 8.06. The Morgan fingerprint density at radius 3 is 2.17 bits per heavy atom. The largest absolute Gasteiger partial charge is 0.338 e. The second-order valence-corrected chi connectivity index (χ2v) is 6.85. The summed E-state index contributed by atoms with van der Waals surface area (Å²) in [5.74, 6) is 0.354. The van der Waals surface area contributed by atoms with Crippen molar-refractivity contribution in [1.29, 1.82) is 0 Å². The normalized spacial score (nSPS) is 12.3. The van der Waals surface area contributed by atoms with Gasteiger partial charge in [-0.2, -0.15) is 0 Å². The van der Waals surface area contributed by atoms with E-state index in [4.69, 9.17) is 0 Å². The van der Waals surface area contributed by atoms with Crippen molar-refractivity contribution in [3.63, 3.8) is 0 Å². The standard InChI is InChI=1S/C19H31N3O2/c1-6-15-7-9-16(10-8-15)18(14(4)5)20-12-17(23)22-19(24)21-11-13(2)3/h7-10,13-14,18,20H,6,11-12H2,1-5H3,(H2,21,22,23,24)/t18-/m1/s1. The van der Waals surface area contributed by atoms with Gasteiger partial charge in [0.1, 0.15) is 0 Å². The molecule has 5 nitrogen and oxygen atoms in total. The van der Waals surface area contributed by atoms with Gasteiger partial charge in [-0.15, -0.1) is 0 Å². The lowest BCUT2D eigenvalue weighted by molar-refractivity contribution is -0.119. The maximum Gasteiger partial charge on any atom is 0.321 e. The van der Waals surface area contributed by atoms with Gasteiger partial charge in [-0.3, -0.25) is 10.1 Å². The summed E-state index contributed by atoms with van der Waals surface area (Å²) in [5, 5.41) is 8.27. The molecule has 1 rings (SSSR count). The van der Waals surface area contributed by atoms with E-state index < -0.39 is 6.03 Å². The molecule has 0 radical (unpaired) electrons. The van der Waals surface area contributed by atoms with Gasteiger partial charge in [-0.05, 0) is 29.4 Å². The fourth-order valence-electron chi connectivity index (χ4n) is 2.41. The van der Waals surface area contributed by atoms with Crippen LogP contribution in [0.3, 0.4) is 0 Å². The van der Waals surface area contributed by atoms with E-state index in [-0.39, 0.29) is 18.5 Å². The predicted molar refractivity (Wildman–Crippen MR) is 97.8 cm³/mol. The fraction of sp³-hybridized carbons (Fsp3) is 0.579. The van der Waals surface area contributed by atoms with Gasteiger partial charge < -0.3 is 10.6 Å². The summed E-state index contributed by atoms with van der Waals surface area (Å²) in [4.78, 5) is 23.5. The maximum atomic E-state index is 11.9. The van der Waals surface area contributed by atoms with Crippen LogP contribution in [0.4, 0.5) is 4.79 Å². The molecule has 0 aliphatic carbocycles. The molecule has 3 N–H and O–H groups in total. The molecule has 0 bridgehead atoms.